The summed E-state index contributed by atoms with van der Waals surface area (Å²) in [7, 11) is 0. The molecule has 0 fully saturated rings. The predicted octanol–water partition coefficient (Wildman–Crippen LogP) is 3.54. The number of rotatable bonds is 7. The highest BCUT2D eigenvalue weighted by Crippen LogP contribution is 2.17. The van der Waals surface area contributed by atoms with Gasteiger partial charge in [0.1, 0.15) is 5.82 Å². The molecule has 28 heavy (non-hydrogen) atoms. The lowest BCUT2D eigenvalue weighted by Gasteiger charge is -2.06. The molecule has 0 saturated carbocycles. The number of benzene rings is 2. The van der Waals surface area contributed by atoms with Crippen molar-refractivity contribution in [3.8, 4) is 0 Å². The number of nitrogens with one attached hydrogen (secondary N) is 3. The van der Waals surface area contributed by atoms with Crippen LogP contribution in [0.25, 0.3) is 10.9 Å². The number of nitrogens with zero attached hydrogens (tertiary/aromatic N) is 2. The molecule has 0 aliphatic heterocycles. The van der Waals surface area contributed by atoms with Crippen molar-refractivity contribution in [1.29, 1.82) is 0 Å². The van der Waals surface area contributed by atoms with E-state index in [0.29, 0.717) is 24.6 Å². The Balaban J connectivity index is 1.28. The lowest BCUT2D eigenvalue weighted by molar-refractivity contribution is 0.0948. The van der Waals surface area contributed by atoms with Gasteiger partial charge in [-0.2, -0.15) is 0 Å². The van der Waals surface area contributed by atoms with Crippen LogP contribution in [0.5, 0.6) is 0 Å². The monoisotopic (exact) mass is 371 g/mol. The minimum absolute atomic E-state index is 0.220. The number of amides is 1. The van der Waals surface area contributed by atoms with Gasteiger partial charge in [0.25, 0.3) is 5.91 Å². The Bertz CT molecular complexity index is 1060. The van der Waals surface area contributed by atoms with Gasteiger partial charge < -0.3 is 15.6 Å². The van der Waals surface area contributed by atoms with E-state index in [2.05, 4.69) is 31.9 Å². The van der Waals surface area contributed by atoms with Crippen LogP contribution in [-0.2, 0) is 13.0 Å². The van der Waals surface area contributed by atoms with Crippen LogP contribution in [0.15, 0.2) is 72.9 Å². The largest absolute Gasteiger partial charge is 0.365 e. The summed E-state index contributed by atoms with van der Waals surface area (Å²) in [6.45, 7) is 1.20. The van der Waals surface area contributed by atoms with Crippen molar-refractivity contribution in [2.45, 2.75) is 13.0 Å². The molecule has 6 heteroatoms. The molecule has 0 bridgehead atoms. The maximum atomic E-state index is 12.3. The van der Waals surface area contributed by atoms with E-state index in [1.807, 2.05) is 54.7 Å². The molecule has 0 saturated heterocycles. The fourth-order valence-electron chi connectivity index (χ4n) is 3.08. The van der Waals surface area contributed by atoms with Crippen LogP contribution < -0.4 is 10.6 Å². The summed E-state index contributed by atoms with van der Waals surface area (Å²) in [5, 5.41) is 15.4. The number of H-pyrrole nitrogens is 1. The topological polar surface area (TPSA) is 82.7 Å². The van der Waals surface area contributed by atoms with Crippen LogP contribution in [0.1, 0.15) is 21.6 Å². The van der Waals surface area contributed by atoms with Crippen molar-refractivity contribution in [2.24, 2.45) is 0 Å². The molecular formula is C22H21N5O. The normalized spacial score (nSPS) is 10.7. The van der Waals surface area contributed by atoms with E-state index < -0.39 is 0 Å². The van der Waals surface area contributed by atoms with Gasteiger partial charge in [-0.05, 0) is 35.7 Å². The van der Waals surface area contributed by atoms with Crippen molar-refractivity contribution in [3.63, 3.8) is 0 Å². The molecule has 2 aromatic carbocycles. The first-order chi connectivity index (χ1) is 13.8. The van der Waals surface area contributed by atoms with Crippen molar-refractivity contribution in [2.75, 3.05) is 11.9 Å². The minimum atomic E-state index is -0.220. The summed E-state index contributed by atoms with van der Waals surface area (Å²) in [5.41, 5.74) is 3.75. The number of hydrogen-bond donors (Lipinski definition) is 3. The Morgan fingerprint density at radius 2 is 1.75 bits per heavy atom. The summed E-state index contributed by atoms with van der Waals surface area (Å²) < 4.78 is 0. The lowest BCUT2D eigenvalue weighted by Crippen LogP contribution is -2.26. The second-order valence-electron chi connectivity index (χ2n) is 6.51. The highest BCUT2D eigenvalue weighted by Gasteiger charge is 2.09. The zero-order valence-electron chi connectivity index (χ0n) is 15.4. The molecule has 2 aromatic heterocycles. The number of aromatic nitrogens is 3. The van der Waals surface area contributed by atoms with Gasteiger partial charge in [-0.1, -0.05) is 48.5 Å². The summed E-state index contributed by atoms with van der Waals surface area (Å²) in [6, 6.07) is 21.6. The van der Waals surface area contributed by atoms with Gasteiger partial charge in [-0.25, -0.2) is 0 Å². The van der Waals surface area contributed by atoms with Crippen molar-refractivity contribution in [1.82, 2.24) is 20.5 Å². The second-order valence-corrected chi connectivity index (χ2v) is 6.51. The maximum absolute atomic E-state index is 12.3. The third-order valence-electron chi connectivity index (χ3n) is 4.57. The molecular weight excluding hydrogens is 350 g/mol. The fourth-order valence-corrected chi connectivity index (χ4v) is 3.08. The predicted molar refractivity (Wildman–Crippen MR) is 110 cm³/mol. The Hall–Kier alpha value is -3.67. The highest BCUT2D eigenvalue weighted by molar-refractivity contribution is 5.92. The fraction of sp³-hybridized carbons (Fsp3) is 0.136. The number of carbonyl (C=O) groups excluding carboxylic acids is 1. The standard InChI is InChI=1S/C22H21N5O/c28-22(23-13-12-17-15-24-19-9-5-4-8-18(17)19)20-10-11-21(27-26-20)25-14-16-6-2-1-3-7-16/h1-11,15,24H,12-14H2,(H,23,28)(H,25,27). The zero-order valence-corrected chi connectivity index (χ0v) is 15.4. The summed E-state index contributed by atoms with van der Waals surface area (Å²) >= 11 is 0. The maximum Gasteiger partial charge on any atom is 0.271 e. The number of carbonyl (C=O) groups is 1. The second kappa shape index (κ2) is 8.35. The van der Waals surface area contributed by atoms with E-state index in [1.165, 1.54) is 10.9 Å². The Morgan fingerprint density at radius 3 is 2.57 bits per heavy atom. The average Bonchev–Trinajstić information content (AvgIpc) is 3.16. The molecule has 0 atom stereocenters. The van der Waals surface area contributed by atoms with E-state index >= 15 is 0 Å². The number of para-hydroxylation sites is 1. The van der Waals surface area contributed by atoms with Crippen LogP contribution in [0.2, 0.25) is 0 Å². The molecule has 0 unspecified atom stereocenters. The number of hydrogen-bond acceptors (Lipinski definition) is 4. The summed E-state index contributed by atoms with van der Waals surface area (Å²) in [4.78, 5) is 15.5. The molecule has 2 heterocycles. The first-order valence-corrected chi connectivity index (χ1v) is 9.24. The molecule has 4 aromatic rings. The number of fused-ring (bicyclic) bond motifs is 1. The van der Waals surface area contributed by atoms with Crippen LogP contribution in [-0.4, -0.2) is 27.6 Å². The molecule has 4 rings (SSSR count). The molecule has 0 aliphatic rings. The highest BCUT2D eigenvalue weighted by atomic mass is 16.1. The quantitative estimate of drug-likeness (QED) is 0.464. The first-order valence-electron chi connectivity index (χ1n) is 9.24. The first kappa shape index (κ1) is 17.7. The molecule has 3 N–H and O–H groups in total. The molecule has 6 nitrogen and oxygen atoms in total. The van der Waals surface area contributed by atoms with Crippen molar-refractivity contribution in [3.05, 3.63) is 89.7 Å². The van der Waals surface area contributed by atoms with Crippen molar-refractivity contribution < 1.29 is 4.79 Å². The molecule has 0 spiro atoms. The number of anilines is 1. The van der Waals surface area contributed by atoms with E-state index in [4.69, 9.17) is 0 Å². The third kappa shape index (κ3) is 4.17. The summed E-state index contributed by atoms with van der Waals surface area (Å²) in [6.07, 6.45) is 2.74. The van der Waals surface area contributed by atoms with Gasteiger partial charge >= 0.3 is 0 Å². The van der Waals surface area contributed by atoms with E-state index in [1.54, 1.807) is 12.1 Å². The number of aromatic amines is 1. The van der Waals surface area contributed by atoms with Gasteiger partial charge in [0, 0.05) is 30.2 Å². The Morgan fingerprint density at radius 1 is 0.929 bits per heavy atom. The summed E-state index contributed by atoms with van der Waals surface area (Å²) in [5.74, 6) is 0.418. The van der Waals surface area contributed by atoms with Crippen LogP contribution in [0.4, 0.5) is 5.82 Å². The van der Waals surface area contributed by atoms with Gasteiger partial charge in [0.05, 0.1) is 0 Å². The van der Waals surface area contributed by atoms with E-state index in [0.717, 1.165) is 17.5 Å². The Labute approximate surface area is 163 Å². The van der Waals surface area contributed by atoms with E-state index in [9.17, 15) is 4.79 Å². The average molecular weight is 371 g/mol. The van der Waals surface area contributed by atoms with Gasteiger partial charge in [0.2, 0.25) is 0 Å². The van der Waals surface area contributed by atoms with E-state index in [-0.39, 0.29) is 5.91 Å². The van der Waals surface area contributed by atoms with Crippen molar-refractivity contribution >= 4 is 22.6 Å². The molecule has 140 valence electrons. The SMILES string of the molecule is O=C(NCCc1c[nH]c2ccccc12)c1ccc(NCc2ccccc2)nn1. The van der Waals surface area contributed by atoms with Crippen LogP contribution in [0.3, 0.4) is 0 Å². The van der Waals surface area contributed by atoms with Gasteiger partial charge in [-0.15, -0.1) is 10.2 Å². The van der Waals surface area contributed by atoms with Crippen LogP contribution >= 0.6 is 0 Å². The molecule has 1 amide bonds. The zero-order chi connectivity index (χ0) is 19.2. The minimum Gasteiger partial charge on any atom is -0.365 e. The Kier molecular flexibility index (Phi) is 5.29. The van der Waals surface area contributed by atoms with Crippen LogP contribution in [0, 0.1) is 0 Å². The third-order valence-corrected chi connectivity index (χ3v) is 4.57. The van der Waals surface area contributed by atoms with Gasteiger partial charge in [0.15, 0.2) is 5.69 Å². The molecule has 0 aliphatic carbocycles. The molecule has 0 radical (unpaired) electrons. The van der Waals surface area contributed by atoms with Gasteiger partial charge in [-0.3, -0.25) is 4.79 Å². The lowest BCUT2D eigenvalue weighted by atomic mass is 10.1. The smallest absolute Gasteiger partial charge is 0.271 e.